The largest absolute Gasteiger partial charge is 0.309 e. The van der Waals surface area contributed by atoms with Gasteiger partial charge < -0.3 is 9.13 Å². The van der Waals surface area contributed by atoms with E-state index >= 15 is 0 Å². The van der Waals surface area contributed by atoms with E-state index in [2.05, 4.69) is 106 Å². The van der Waals surface area contributed by atoms with E-state index in [4.69, 9.17) is 0 Å². The van der Waals surface area contributed by atoms with Crippen LogP contribution in [0.25, 0.3) is 98.9 Å². The number of rotatable bonds is 4. The third-order valence-electron chi connectivity index (χ3n) is 11.5. The Labute approximate surface area is 318 Å². The van der Waals surface area contributed by atoms with Gasteiger partial charge in [-0.2, -0.15) is 0 Å². The summed E-state index contributed by atoms with van der Waals surface area (Å²) in [6.07, 6.45) is 0. The molecule has 0 saturated heterocycles. The predicted molar refractivity (Wildman–Crippen MR) is 230 cm³/mol. The summed E-state index contributed by atoms with van der Waals surface area (Å²) in [6.45, 7) is 0. The lowest BCUT2D eigenvalue weighted by Crippen LogP contribution is -2.24. The van der Waals surface area contributed by atoms with E-state index in [0.29, 0.717) is 21.8 Å². The molecule has 4 heterocycles. The van der Waals surface area contributed by atoms with Crippen LogP contribution < -0.4 is 11.1 Å². The first-order chi connectivity index (χ1) is 27.7. The minimum atomic E-state index is -0.131. The van der Waals surface area contributed by atoms with Gasteiger partial charge in [-0.05, 0) is 97.1 Å². The van der Waals surface area contributed by atoms with Crippen molar-refractivity contribution in [3.05, 3.63) is 203 Å². The minimum Gasteiger partial charge on any atom is -0.309 e. The van der Waals surface area contributed by atoms with E-state index in [1.54, 1.807) is 9.13 Å². The summed E-state index contributed by atoms with van der Waals surface area (Å²) in [5, 5.41) is 6.99. The normalized spacial score (nSPS) is 12.1. The summed E-state index contributed by atoms with van der Waals surface area (Å²) in [6, 6.07) is 61.4. The first-order valence-electron chi connectivity index (χ1n) is 18.8. The average molecular weight is 719 g/mol. The van der Waals surface area contributed by atoms with E-state index < -0.39 is 0 Å². The topological polar surface area (TPSA) is 53.9 Å². The van der Waals surface area contributed by atoms with Crippen molar-refractivity contribution in [2.24, 2.45) is 0 Å². The van der Waals surface area contributed by atoms with Gasteiger partial charge in [-0.25, -0.2) is 0 Å². The van der Waals surface area contributed by atoms with Crippen molar-refractivity contribution >= 4 is 76.2 Å². The second-order valence-corrected chi connectivity index (χ2v) is 14.5. The average Bonchev–Trinajstić information content (AvgIpc) is 3.76. The SMILES string of the molecule is O=c1c2cccc3c2c2c(cccc2n1-c1ccc2c(c1)c1ccccc1n2-c1ccccc1)c(=O)n3-c1ccc2c(c1)c1ccccc1n2-c1ccccc1. The molecule has 0 saturated carbocycles. The summed E-state index contributed by atoms with van der Waals surface area (Å²) in [7, 11) is 0. The van der Waals surface area contributed by atoms with E-state index in [-0.39, 0.29) is 11.1 Å². The highest BCUT2D eigenvalue weighted by Crippen LogP contribution is 2.38. The fourth-order valence-electron chi connectivity index (χ4n) is 9.22. The van der Waals surface area contributed by atoms with Gasteiger partial charge in [-0.3, -0.25) is 18.7 Å². The molecule has 0 spiro atoms. The van der Waals surface area contributed by atoms with Gasteiger partial charge in [0.25, 0.3) is 11.1 Å². The standard InChI is InChI=1S/C50H30N4O2/c55-49-37-19-12-24-46-48(37)47-38(50(56)54(46)34-26-28-44-40(30-34)36-18-8-10-22-42(36)52(44)32-15-5-2-6-16-32)20-11-23-45(47)53(49)33-25-27-43-39(29-33)35-17-7-9-21-41(35)51(43)31-13-3-1-4-14-31/h1-30H. The number of pyridine rings is 2. The number of nitrogens with zero attached hydrogens (tertiary/aromatic N) is 4. The molecule has 0 aliphatic rings. The van der Waals surface area contributed by atoms with Crippen LogP contribution in [0.15, 0.2) is 192 Å². The summed E-state index contributed by atoms with van der Waals surface area (Å²) in [5.74, 6) is 0. The molecule has 12 aromatic rings. The Morgan fingerprint density at radius 3 is 1.05 bits per heavy atom. The molecule has 0 aliphatic heterocycles. The van der Waals surface area contributed by atoms with Crippen LogP contribution in [0.2, 0.25) is 0 Å². The minimum absolute atomic E-state index is 0.131. The zero-order valence-electron chi connectivity index (χ0n) is 29.9. The third kappa shape index (κ3) is 4.10. The molecule has 0 bridgehead atoms. The molecule has 56 heavy (non-hydrogen) atoms. The molecule has 8 aromatic carbocycles. The van der Waals surface area contributed by atoms with Crippen LogP contribution in [-0.2, 0) is 0 Å². The van der Waals surface area contributed by atoms with Gasteiger partial charge in [-0.1, -0.05) is 84.9 Å². The van der Waals surface area contributed by atoms with Crippen LogP contribution in [0.5, 0.6) is 0 Å². The van der Waals surface area contributed by atoms with Crippen molar-refractivity contribution in [1.29, 1.82) is 0 Å². The molecule has 0 radical (unpaired) electrons. The second kappa shape index (κ2) is 11.4. The zero-order chi connectivity index (χ0) is 37.1. The van der Waals surface area contributed by atoms with E-state index in [1.807, 2.05) is 84.9 Å². The molecule has 0 amide bonds. The van der Waals surface area contributed by atoms with Gasteiger partial charge in [-0.15, -0.1) is 0 Å². The Morgan fingerprint density at radius 1 is 0.250 bits per heavy atom. The Morgan fingerprint density at radius 2 is 0.607 bits per heavy atom. The van der Waals surface area contributed by atoms with Crippen LogP contribution in [0.1, 0.15) is 0 Å². The van der Waals surface area contributed by atoms with Crippen LogP contribution in [-0.4, -0.2) is 18.3 Å². The molecular weight excluding hydrogens is 689 g/mol. The zero-order valence-corrected chi connectivity index (χ0v) is 29.9. The highest BCUT2D eigenvalue weighted by molar-refractivity contribution is 6.21. The maximum Gasteiger partial charge on any atom is 0.263 e. The van der Waals surface area contributed by atoms with Gasteiger partial charge in [0.1, 0.15) is 0 Å². The number of fused-ring (bicyclic) bond motifs is 6. The lowest BCUT2D eigenvalue weighted by atomic mass is 9.99. The summed E-state index contributed by atoms with van der Waals surface area (Å²) < 4.78 is 8.10. The first-order valence-corrected chi connectivity index (χ1v) is 18.8. The number of benzene rings is 8. The molecule has 6 heteroatoms. The molecule has 0 N–H and O–H groups in total. The van der Waals surface area contributed by atoms with Crippen LogP contribution >= 0.6 is 0 Å². The molecule has 6 nitrogen and oxygen atoms in total. The highest BCUT2D eigenvalue weighted by atomic mass is 16.1. The molecule has 4 aromatic heterocycles. The maximum absolute atomic E-state index is 14.9. The van der Waals surface area contributed by atoms with Crippen LogP contribution in [0, 0.1) is 0 Å². The van der Waals surface area contributed by atoms with Gasteiger partial charge in [0.2, 0.25) is 0 Å². The third-order valence-corrected chi connectivity index (χ3v) is 11.5. The lowest BCUT2D eigenvalue weighted by molar-refractivity contribution is 1.05. The summed E-state index contributed by atoms with van der Waals surface area (Å²) >= 11 is 0. The van der Waals surface area contributed by atoms with E-state index in [0.717, 1.165) is 77.1 Å². The number of para-hydroxylation sites is 4. The summed E-state index contributed by atoms with van der Waals surface area (Å²) in [4.78, 5) is 29.8. The fourth-order valence-corrected chi connectivity index (χ4v) is 9.22. The van der Waals surface area contributed by atoms with Gasteiger partial charge in [0, 0.05) is 43.7 Å². The van der Waals surface area contributed by atoms with E-state index in [1.165, 1.54) is 0 Å². The number of hydrogen-bond acceptors (Lipinski definition) is 2. The van der Waals surface area contributed by atoms with Crippen LogP contribution in [0.3, 0.4) is 0 Å². The van der Waals surface area contributed by atoms with Crippen molar-refractivity contribution in [1.82, 2.24) is 18.3 Å². The van der Waals surface area contributed by atoms with Gasteiger partial charge in [0.05, 0.1) is 55.2 Å². The van der Waals surface area contributed by atoms with Crippen molar-refractivity contribution in [2.75, 3.05) is 0 Å². The summed E-state index contributed by atoms with van der Waals surface area (Å²) in [5.41, 5.74) is 9.08. The Hall–Kier alpha value is -7.70. The molecule has 0 fully saturated rings. The monoisotopic (exact) mass is 718 g/mol. The van der Waals surface area contributed by atoms with Gasteiger partial charge in [0.15, 0.2) is 0 Å². The Kier molecular flexibility index (Phi) is 6.26. The quantitative estimate of drug-likeness (QED) is 0.170. The molecule has 12 rings (SSSR count). The number of hydrogen-bond donors (Lipinski definition) is 0. The molecule has 0 aliphatic carbocycles. The highest BCUT2D eigenvalue weighted by Gasteiger charge is 2.23. The van der Waals surface area contributed by atoms with Gasteiger partial charge >= 0.3 is 0 Å². The molecular formula is C50H30N4O2. The maximum atomic E-state index is 14.9. The van der Waals surface area contributed by atoms with Crippen molar-refractivity contribution in [3.8, 4) is 22.7 Å². The van der Waals surface area contributed by atoms with Crippen LogP contribution in [0.4, 0.5) is 0 Å². The predicted octanol–water partition coefficient (Wildman–Crippen LogP) is 11.1. The molecule has 262 valence electrons. The first kappa shape index (κ1) is 30.7. The van der Waals surface area contributed by atoms with Crippen molar-refractivity contribution < 1.29 is 0 Å². The van der Waals surface area contributed by atoms with Crippen molar-refractivity contribution in [3.63, 3.8) is 0 Å². The fraction of sp³-hybridized carbons (Fsp3) is 0. The smallest absolute Gasteiger partial charge is 0.263 e. The Bertz CT molecular complexity index is 3440. The second-order valence-electron chi connectivity index (χ2n) is 14.5. The van der Waals surface area contributed by atoms with E-state index in [9.17, 15) is 9.59 Å². The Balaban J connectivity index is 1.12. The molecule has 0 unspecified atom stereocenters. The lowest BCUT2D eigenvalue weighted by Gasteiger charge is -2.19. The van der Waals surface area contributed by atoms with Crippen molar-refractivity contribution in [2.45, 2.75) is 0 Å². The number of aromatic nitrogens is 4. The molecule has 0 atom stereocenters.